The van der Waals surface area contributed by atoms with Crippen LogP contribution in [0.3, 0.4) is 0 Å². The first-order valence-electron chi connectivity index (χ1n) is 6.71. The van der Waals surface area contributed by atoms with Crippen molar-refractivity contribution in [1.29, 1.82) is 0 Å². The number of hydrogen-bond acceptors (Lipinski definition) is 6. The minimum Gasteiger partial charge on any atom is -0.381 e. The number of hydrogen-bond donors (Lipinski definition) is 2. The summed E-state index contributed by atoms with van der Waals surface area (Å²) in [4.78, 5) is 8.94. The van der Waals surface area contributed by atoms with Crippen molar-refractivity contribution in [2.75, 3.05) is 30.5 Å². The average Bonchev–Trinajstić information content (AvgIpc) is 2.39. The Balaban J connectivity index is 1.98. The van der Waals surface area contributed by atoms with E-state index in [1.807, 2.05) is 12.3 Å². The second-order valence-electron chi connectivity index (χ2n) is 4.72. The molecule has 0 amide bonds. The zero-order chi connectivity index (χ0) is 13.7. The standard InChI is InChI=1S/C13H22N4OS/c1-4-5-14-11-8-12(17-13(16-11)19-3)15-9-6-10(7-9)18-2/h8-10H,4-7H2,1-3H3,(H2,14,15,16,17). The molecule has 1 aliphatic carbocycles. The van der Waals surface area contributed by atoms with Crippen LogP contribution in [0.15, 0.2) is 11.2 Å². The van der Waals surface area contributed by atoms with Crippen molar-refractivity contribution in [3.05, 3.63) is 6.07 Å². The van der Waals surface area contributed by atoms with Crippen LogP contribution in [0.2, 0.25) is 0 Å². The van der Waals surface area contributed by atoms with Gasteiger partial charge in [-0.3, -0.25) is 0 Å². The highest BCUT2D eigenvalue weighted by molar-refractivity contribution is 7.98. The fourth-order valence-electron chi connectivity index (χ4n) is 2.02. The highest BCUT2D eigenvalue weighted by Gasteiger charge is 2.29. The molecule has 1 aromatic heterocycles. The lowest BCUT2D eigenvalue weighted by atomic mass is 9.89. The van der Waals surface area contributed by atoms with Crippen molar-refractivity contribution in [2.45, 2.75) is 43.5 Å². The van der Waals surface area contributed by atoms with E-state index in [4.69, 9.17) is 4.74 Å². The Labute approximate surface area is 118 Å². The van der Waals surface area contributed by atoms with Gasteiger partial charge in [-0.25, -0.2) is 9.97 Å². The van der Waals surface area contributed by atoms with E-state index in [0.717, 1.165) is 42.6 Å². The van der Waals surface area contributed by atoms with Gasteiger partial charge in [0.05, 0.1) is 6.10 Å². The second kappa shape index (κ2) is 6.96. The molecule has 1 heterocycles. The summed E-state index contributed by atoms with van der Waals surface area (Å²) in [5.74, 6) is 1.80. The van der Waals surface area contributed by atoms with Gasteiger partial charge in [-0.15, -0.1) is 0 Å². The highest BCUT2D eigenvalue weighted by atomic mass is 32.2. The van der Waals surface area contributed by atoms with Crippen molar-refractivity contribution < 1.29 is 4.74 Å². The Morgan fingerprint density at radius 2 is 2.11 bits per heavy atom. The van der Waals surface area contributed by atoms with Crippen LogP contribution in [0.5, 0.6) is 0 Å². The lowest BCUT2D eigenvalue weighted by molar-refractivity contribution is 0.0328. The normalized spacial score (nSPS) is 21.8. The fraction of sp³-hybridized carbons (Fsp3) is 0.692. The van der Waals surface area contributed by atoms with Crippen LogP contribution in [0.1, 0.15) is 26.2 Å². The third kappa shape index (κ3) is 3.98. The molecule has 0 bridgehead atoms. The quantitative estimate of drug-likeness (QED) is 0.592. The molecule has 6 heteroatoms. The predicted octanol–water partition coefficient (Wildman–Crippen LogP) is 2.61. The molecular formula is C13H22N4OS. The molecule has 1 fully saturated rings. The van der Waals surface area contributed by atoms with E-state index in [1.54, 1.807) is 18.9 Å². The summed E-state index contributed by atoms with van der Waals surface area (Å²) >= 11 is 1.56. The zero-order valence-electron chi connectivity index (χ0n) is 11.8. The van der Waals surface area contributed by atoms with Crippen LogP contribution in [0.4, 0.5) is 11.6 Å². The Morgan fingerprint density at radius 1 is 1.37 bits per heavy atom. The highest BCUT2D eigenvalue weighted by Crippen LogP contribution is 2.27. The summed E-state index contributed by atoms with van der Waals surface area (Å²) in [6.07, 6.45) is 5.57. The number of rotatable bonds is 7. The Hall–Kier alpha value is -1.01. The molecule has 1 aromatic rings. The third-order valence-electron chi connectivity index (χ3n) is 3.22. The largest absolute Gasteiger partial charge is 0.381 e. The van der Waals surface area contributed by atoms with E-state index in [9.17, 15) is 0 Å². The van der Waals surface area contributed by atoms with E-state index in [-0.39, 0.29) is 0 Å². The van der Waals surface area contributed by atoms with Crippen molar-refractivity contribution >= 4 is 23.4 Å². The maximum Gasteiger partial charge on any atom is 0.191 e. The molecule has 2 rings (SSSR count). The molecule has 0 atom stereocenters. The van der Waals surface area contributed by atoms with Crippen LogP contribution < -0.4 is 10.6 Å². The van der Waals surface area contributed by atoms with E-state index in [2.05, 4.69) is 27.5 Å². The smallest absolute Gasteiger partial charge is 0.191 e. The van der Waals surface area contributed by atoms with Gasteiger partial charge in [-0.05, 0) is 25.5 Å². The van der Waals surface area contributed by atoms with Gasteiger partial charge in [-0.1, -0.05) is 18.7 Å². The zero-order valence-corrected chi connectivity index (χ0v) is 12.6. The van der Waals surface area contributed by atoms with Gasteiger partial charge in [0.2, 0.25) is 0 Å². The first-order valence-corrected chi connectivity index (χ1v) is 7.94. The summed E-state index contributed by atoms with van der Waals surface area (Å²) in [6, 6.07) is 2.45. The average molecular weight is 282 g/mol. The fourth-order valence-corrected chi connectivity index (χ4v) is 2.40. The Bertz CT molecular complexity index is 410. The van der Waals surface area contributed by atoms with Crippen LogP contribution in [-0.2, 0) is 4.74 Å². The number of thioether (sulfide) groups is 1. The lowest BCUT2D eigenvalue weighted by Gasteiger charge is -2.35. The Morgan fingerprint density at radius 3 is 2.74 bits per heavy atom. The first kappa shape index (κ1) is 14.4. The van der Waals surface area contributed by atoms with Gasteiger partial charge in [0.1, 0.15) is 11.6 Å². The minimum absolute atomic E-state index is 0.400. The second-order valence-corrected chi connectivity index (χ2v) is 5.50. The summed E-state index contributed by atoms with van der Waals surface area (Å²) in [5, 5.41) is 7.56. The van der Waals surface area contributed by atoms with Gasteiger partial charge >= 0.3 is 0 Å². The van der Waals surface area contributed by atoms with Gasteiger partial charge in [0.15, 0.2) is 5.16 Å². The molecule has 1 aliphatic rings. The maximum atomic E-state index is 5.29. The van der Waals surface area contributed by atoms with Gasteiger partial charge < -0.3 is 15.4 Å². The molecule has 1 saturated carbocycles. The molecule has 19 heavy (non-hydrogen) atoms. The maximum absolute atomic E-state index is 5.29. The van der Waals surface area contributed by atoms with Crippen LogP contribution in [-0.4, -0.2) is 42.0 Å². The summed E-state index contributed by atoms with van der Waals surface area (Å²) < 4.78 is 5.29. The molecule has 2 N–H and O–H groups in total. The Kier molecular flexibility index (Phi) is 5.27. The van der Waals surface area contributed by atoms with Crippen molar-refractivity contribution in [2.24, 2.45) is 0 Å². The van der Waals surface area contributed by atoms with E-state index >= 15 is 0 Å². The minimum atomic E-state index is 0.400. The lowest BCUT2D eigenvalue weighted by Crippen LogP contribution is -2.40. The number of ether oxygens (including phenoxy) is 1. The predicted molar refractivity (Wildman–Crippen MR) is 80.0 cm³/mol. The molecule has 0 spiro atoms. The number of aromatic nitrogens is 2. The summed E-state index contributed by atoms with van der Waals surface area (Å²) in [7, 11) is 1.77. The summed E-state index contributed by atoms with van der Waals surface area (Å²) in [6.45, 7) is 3.07. The monoisotopic (exact) mass is 282 g/mol. The number of anilines is 2. The molecular weight excluding hydrogens is 260 g/mol. The van der Waals surface area contributed by atoms with Crippen molar-refractivity contribution in [3.8, 4) is 0 Å². The van der Waals surface area contributed by atoms with Crippen LogP contribution >= 0.6 is 11.8 Å². The molecule has 0 saturated heterocycles. The van der Waals surface area contributed by atoms with Crippen LogP contribution in [0, 0.1) is 0 Å². The van der Waals surface area contributed by atoms with Crippen LogP contribution in [0.25, 0.3) is 0 Å². The molecule has 5 nitrogen and oxygen atoms in total. The van der Waals surface area contributed by atoms with E-state index < -0.39 is 0 Å². The van der Waals surface area contributed by atoms with E-state index in [0.29, 0.717) is 12.1 Å². The van der Waals surface area contributed by atoms with Gasteiger partial charge in [0, 0.05) is 25.8 Å². The number of nitrogens with one attached hydrogen (secondary N) is 2. The topological polar surface area (TPSA) is 59.1 Å². The summed E-state index contributed by atoms with van der Waals surface area (Å²) in [5.41, 5.74) is 0. The molecule has 0 aliphatic heterocycles. The molecule has 0 radical (unpaired) electrons. The van der Waals surface area contributed by atoms with Gasteiger partial charge in [0.25, 0.3) is 0 Å². The van der Waals surface area contributed by atoms with Crippen molar-refractivity contribution in [3.63, 3.8) is 0 Å². The third-order valence-corrected chi connectivity index (χ3v) is 3.77. The SMILES string of the molecule is CCCNc1cc(NC2CC(OC)C2)nc(SC)n1. The van der Waals surface area contributed by atoms with Crippen molar-refractivity contribution in [1.82, 2.24) is 9.97 Å². The molecule has 106 valence electrons. The number of methoxy groups -OCH3 is 1. The number of nitrogens with zero attached hydrogens (tertiary/aromatic N) is 2. The van der Waals surface area contributed by atoms with Gasteiger partial charge in [-0.2, -0.15) is 0 Å². The molecule has 0 aromatic carbocycles. The molecule has 0 unspecified atom stereocenters. The first-order chi connectivity index (χ1) is 9.25. The van der Waals surface area contributed by atoms with E-state index in [1.165, 1.54) is 0 Å².